The van der Waals surface area contributed by atoms with Gasteiger partial charge in [-0.1, -0.05) is 0 Å². The van der Waals surface area contributed by atoms with E-state index in [9.17, 15) is 0 Å². The van der Waals surface area contributed by atoms with Crippen LogP contribution in [0, 0.1) is 0 Å². The van der Waals surface area contributed by atoms with E-state index in [2.05, 4.69) is 9.78 Å². The molecule has 4 nitrogen and oxygen atoms in total. The minimum absolute atomic E-state index is 0. The topological polar surface area (TPSA) is 65.5 Å². The van der Waals surface area contributed by atoms with Gasteiger partial charge in [-0.2, -0.15) is 0 Å². The summed E-state index contributed by atoms with van der Waals surface area (Å²) in [5, 5.41) is 15.5. The van der Waals surface area contributed by atoms with Crippen LogP contribution in [-0.2, 0) is 9.78 Å². The Bertz CT molecular complexity index is 56.5. The van der Waals surface area contributed by atoms with Crippen molar-refractivity contribution in [1.29, 1.82) is 0 Å². The van der Waals surface area contributed by atoms with E-state index >= 15 is 0 Å². The van der Waals surface area contributed by atoms with Gasteiger partial charge in [-0.25, -0.2) is 0 Å². The van der Waals surface area contributed by atoms with Crippen LogP contribution >= 0.6 is 0 Å². The summed E-state index contributed by atoms with van der Waals surface area (Å²) in [4.78, 5) is 7.01. The summed E-state index contributed by atoms with van der Waals surface area (Å²) >= 11 is 0. The van der Waals surface area contributed by atoms with Gasteiger partial charge in [0.2, 0.25) is 0 Å². The van der Waals surface area contributed by atoms with Crippen LogP contribution in [0.5, 0.6) is 0 Å². The summed E-state index contributed by atoms with van der Waals surface area (Å²) in [6.07, 6.45) is -2.25. The van der Waals surface area contributed by atoms with Crippen molar-refractivity contribution < 1.29 is 22.8 Å². The minimum Gasteiger partial charge on any atom is -1.00 e. The van der Waals surface area contributed by atoms with Crippen LogP contribution in [0.3, 0.4) is 0 Å². The molecule has 1 aliphatic rings. The van der Waals surface area contributed by atoms with Crippen molar-refractivity contribution in [3.05, 3.63) is 0 Å². The zero-order valence-electron chi connectivity index (χ0n) is 4.92. The Kier molecular flexibility index (Phi) is 6.50. The van der Waals surface area contributed by atoms with Crippen molar-refractivity contribution >= 4 is 66.5 Å². The first-order valence-electron chi connectivity index (χ1n) is 1.02. The maximum atomic E-state index is 7.74. The minimum atomic E-state index is -2.25. The van der Waals surface area contributed by atoms with E-state index in [1.54, 1.807) is 0 Å². The van der Waals surface area contributed by atoms with Crippen molar-refractivity contribution in [2.24, 2.45) is 0 Å². The van der Waals surface area contributed by atoms with E-state index in [0.717, 1.165) is 0 Å². The van der Waals surface area contributed by atoms with Crippen LogP contribution in [-0.4, -0.2) is 82.9 Å². The summed E-state index contributed by atoms with van der Waals surface area (Å²) in [6.45, 7) is 0. The Morgan fingerprint density at radius 3 is 1.43 bits per heavy atom. The maximum Gasteiger partial charge on any atom is -1.00 e. The fourth-order valence-electron chi connectivity index (χ4n) is 0.0373. The van der Waals surface area contributed by atoms with Crippen molar-refractivity contribution in [3.63, 3.8) is 0 Å². The van der Waals surface area contributed by atoms with Crippen molar-refractivity contribution in [2.75, 3.05) is 0 Å². The number of hydrogen-bond acceptors (Lipinski definition) is 4. The summed E-state index contributed by atoms with van der Waals surface area (Å²) in [6, 6.07) is 0. The second-order valence-corrected chi connectivity index (χ2v) is 0.715. The van der Waals surface area contributed by atoms with Crippen molar-refractivity contribution in [3.8, 4) is 0 Å². The van der Waals surface area contributed by atoms with Crippen LogP contribution in [0.1, 0.15) is 2.85 Å². The van der Waals surface area contributed by atoms with Gasteiger partial charge in [0.05, 0.1) is 0 Å². The average molecular weight is 294 g/mol. The molecular formula is CH8BaGeO4. The molecule has 1 aliphatic heterocycles. The van der Waals surface area contributed by atoms with Crippen LogP contribution in [0.4, 0.5) is 0 Å². The van der Waals surface area contributed by atoms with E-state index < -0.39 is 6.16 Å². The molecule has 0 amide bonds. The van der Waals surface area contributed by atoms with Gasteiger partial charge in [0, 0.05) is 0 Å². The predicted octanol–water partition coefficient (Wildman–Crippen LogP) is -3.06. The fourth-order valence-corrected chi connectivity index (χ4v) is 0.0373. The molecule has 0 saturated carbocycles. The quantitative estimate of drug-likeness (QED) is 0.215. The molecule has 7 heavy (non-hydrogen) atoms. The molecule has 0 aromatic rings. The molecule has 42 valence electrons. The smallest absolute Gasteiger partial charge is 1.00 e. The Morgan fingerprint density at radius 2 is 1.43 bits per heavy atom. The molecule has 0 spiro atoms. The number of rotatable bonds is 0. The molecule has 1 rings (SSSR count). The van der Waals surface area contributed by atoms with Crippen LogP contribution in [0.15, 0.2) is 0 Å². The van der Waals surface area contributed by atoms with Gasteiger partial charge in [0.15, 0.2) is 0 Å². The van der Waals surface area contributed by atoms with Gasteiger partial charge in [0.25, 0.3) is 0 Å². The van der Waals surface area contributed by atoms with Gasteiger partial charge in [-0.05, 0) is 0 Å². The van der Waals surface area contributed by atoms with Gasteiger partial charge in [-0.3, -0.25) is 0 Å². The fraction of sp³-hybridized carbons (Fsp3) is 1.00. The van der Waals surface area contributed by atoms with Gasteiger partial charge >= 0.3 is 72.6 Å². The van der Waals surface area contributed by atoms with Gasteiger partial charge < -0.3 is 13.1 Å². The van der Waals surface area contributed by atoms with E-state index in [-0.39, 0.29) is 69.3 Å². The van der Waals surface area contributed by atoms with Gasteiger partial charge in [0.1, 0.15) is 0 Å². The normalized spacial score (nSPS) is 21.4. The van der Waals surface area contributed by atoms with Crippen LogP contribution < -0.4 is 0 Å². The number of aliphatic hydroxyl groups is 2. The molecule has 0 unspecified atom stereocenters. The van der Waals surface area contributed by atoms with E-state index in [0.29, 0.717) is 0 Å². The predicted molar refractivity (Wildman–Crippen MR) is 28.7 cm³/mol. The first-order chi connectivity index (χ1) is 2.21. The van der Waals surface area contributed by atoms with Crippen molar-refractivity contribution in [1.82, 2.24) is 0 Å². The third kappa shape index (κ3) is 5.83. The van der Waals surface area contributed by atoms with Crippen LogP contribution in [0.2, 0.25) is 0 Å². The molecule has 1 saturated heterocycles. The maximum absolute atomic E-state index is 7.74. The average Bonchev–Trinajstić information content (AvgIpc) is 1.76. The molecular weight excluding hydrogens is 286 g/mol. The second-order valence-electron chi connectivity index (χ2n) is 0.715. The molecule has 1 heterocycles. The summed E-state index contributed by atoms with van der Waals surface area (Å²) in [5.41, 5.74) is 0. The molecule has 0 radical (unpaired) electrons. The molecule has 0 bridgehead atoms. The van der Waals surface area contributed by atoms with E-state index in [1.165, 1.54) is 0 Å². The summed E-state index contributed by atoms with van der Waals surface area (Å²) in [5.74, 6) is 0. The third-order valence-corrected chi connectivity index (χ3v) is 0.232. The second kappa shape index (κ2) is 3.88. The third-order valence-electron chi connectivity index (χ3n) is 0.232. The molecule has 1 fully saturated rings. The molecule has 0 aromatic carbocycles. The summed E-state index contributed by atoms with van der Waals surface area (Å²) in [7, 11) is 0. The Balaban J connectivity index is -0.0000000312. The van der Waals surface area contributed by atoms with Gasteiger partial charge in [-0.15, -0.1) is 9.78 Å². The van der Waals surface area contributed by atoms with Crippen LogP contribution in [0.25, 0.3) is 0 Å². The van der Waals surface area contributed by atoms with E-state index in [1.807, 2.05) is 0 Å². The Hall–Kier alpha value is 1.95. The SMILES string of the molecule is OC1(O)OO1.[Ba+2].[GeH4].[H-].[H-]. The molecule has 0 atom stereocenters. The molecule has 6 heteroatoms. The zero-order valence-corrected chi connectivity index (χ0v) is 7.36. The first kappa shape index (κ1) is 11.7. The largest absolute Gasteiger partial charge is 1.00 e. The first-order valence-corrected chi connectivity index (χ1v) is 1.02. The Labute approximate surface area is 94.1 Å². The summed E-state index contributed by atoms with van der Waals surface area (Å²) < 4.78 is 0. The standard InChI is InChI=1S/CH2O4.Ba.GeH4.2H/c2-1(3)4-5-1;;;;/h2-3H;;1H4;;/q;+2;;2*-1. The monoisotopic (exact) mass is 296 g/mol. The molecule has 0 aromatic heterocycles. The van der Waals surface area contributed by atoms with E-state index in [4.69, 9.17) is 10.2 Å². The number of hydrogen-bond donors (Lipinski definition) is 2. The molecule has 0 aliphatic carbocycles. The van der Waals surface area contributed by atoms with Crippen molar-refractivity contribution in [2.45, 2.75) is 6.16 Å². The Morgan fingerprint density at radius 1 is 1.29 bits per heavy atom. The zero-order chi connectivity index (χ0) is 3.91. The molecule has 2 N–H and O–H groups in total.